The number of hydrogen-bond donors (Lipinski definition) is 2. The summed E-state index contributed by atoms with van der Waals surface area (Å²) in [7, 11) is 0. The van der Waals surface area contributed by atoms with Crippen LogP contribution in [0, 0.1) is 11.7 Å². The summed E-state index contributed by atoms with van der Waals surface area (Å²) in [5.74, 6) is -1.62. The minimum absolute atomic E-state index is 0.0456. The van der Waals surface area contributed by atoms with Crippen LogP contribution in [-0.2, 0) is 4.79 Å². The molecule has 0 radical (unpaired) electrons. The molecule has 1 saturated heterocycles. The lowest BCUT2D eigenvalue weighted by Crippen LogP contribution is -2.38. The fourth-order valence-electron chi connectivity index (χ4n) is 2.65. The van der Waals surface area contributed by atoms with Crippen LogP contribution in [0.25, 0.3) is 0 Å². The van der Waals surface area contributed by atoms with E-state index in [1.165, 1.54) is 13.0 Å². The second-order valence-corrected chi connectivity index (χ2v) is 5.31. The number of hydrogen-bond acceptors (Lipinski definition) is 3. The lowest BCUT2D eigenvalue weighted by molar-refractivity contribution is -0.119. The van der Waals surface area contributed by atoms with E-state index < -0.39 is 11.8 Å². The van der Waals surface area contributed by atoms with Crippen LogP contribution in [0.3, 0.4) is 0 Å². The minimum Gasteiger partial charge on any atom is -0.478 e. The molecule has 1 amide bonds. The Labute approximate surface area is 122 Å². The van der Waals surface area contributed by atoms with E-state index in [1.807, 2.05) is 4.90 Å². The van der Waals surface area contributed by atoms with Gasteiger partial charge in [0.15, 0.2) is 0 Å². The Balaban J connectivity index is 2.04. The molecule has 1 heterocycles. The van der Waals surface area contributed by atoms with Crippen molar-refractivity contribution in [3.63, 3.8) is 0 Å². The van der Waals surface area contributed by atoms with E-state index in [9.17, 15) is 14.0 Å². The predicted molar refractivity (Wildman–Crippen MR) is 77.0 cm³/mol. The fraction of sp³-hybridized carbons (Fsp3) is 0.467. The number of carbonyl (C=O) groups is 2. The SMILES string of the molecule is CC(=O)NCC1CCN(c2cccc(F)c2C(=O)O)CC1. The van der Waals surface area contributed by atoms with Crippen molar-refractivity contribution in [2.24, 2.45) is 5.92 Å². The third-order valence-corrected chi connectivity index (χ3v) is 3.80. The molecule has 0 aliphatic carbocycles. The molecule has 0 spiro atoms. The zero-order valence-corrected chi connectivity index (χ0v) is 11.9. The maximum Gasteiger partial charge on any atom is 0.340 e. The number of nitrogens with one attached hydrogen (secondary N) is 1. The number of amides is 1. The van der Waals surface area contributed by atoms with Gasteiger partial charge in [0.1, 0.15) is 11.4 Å². The third-order valence-electron chi connectivity index (χ3n) is 3.80. The van der Waals surface area contributed by atoms with Gasteiger partial charge in [-0.1, -0.05) is 6.07 Å². The van der Waals surface area contributed by atoms with Crippen LogP contribution in [0.5, 0.6) is 0 Å². The highest BCUT2D eigenvalue weighted by Gasteiger charge is 2.24. The summed E-state index contributed by atoms with van der Waals surface area (Å²) in [5, 5.41) is 12.0. The Morgan fingerprint density at radius 1 is 1.38 bits per heavy atom. The average Bonchev–Trinajstić information content (AvgIpc) is 2.45. The molecule has 2 rings (SSSR count). The van der Waals surface area contributed by atoms with Crippen molar-refractivity contribution in [3.8, 4) is 0 Å². The van der Waals surface area contributed by atoms with Crippen LogP contribution < -0.4 is 10.2 Å². The van der Waals surface area contributed by atoms with Crippen LogP contribution in [0.1, 0.15) is 30.1 Å². The van der Waals surface area contributed by atoms with Crippen molar-refractivity contribution in [3.05, 3.63) is 29.6 Å². The number of halogens is 1. The standard InChI is InChI=1S/C15H19FN2O3/c1-10(19)17-9-11-5-7-18(8-6-11)13-4-2-3-12(16)14(13)15(20)21/h2-4,11H,5-9H2,1H3,(H,17,19)(H,20,21). The molecular weight excluding hydrogens is 275 g/mol. The quantitative estimate of drug-likeness (QED) is 0.889. The zero-order chi connectivity index (χ0) is 15.4. The Morgan fingerprint density at radius 3 is 2.62 bits per heavy atom. The molecule has 5 nitrogen and oxygen atoms in total. The molecule has 21 heavy (non-hydrogen) atoms. The van der Waals surface area contributed by atoms with Crippen molar-refractivity contribution < 1.29 is 19.1 Å². The highest BCUT2D eigenvalue weighted by atomic mass is 19.1. The Hall–Kier alpha value is -2.11. The van der Waals surface area contributed by atoms with Gasteiger partial charge in [-0.15, -0.1) is 0 Å². The summed E-state index contributed by atoms with van der Waals surface area (Å²) < 4.78 is 13.7. The highest BCUT2D eigenvalue weighted by Crippen LogP contribution is 2.27. The Bertz CT molecular complexity index is 540. The first kappa shape index (κ1) is 15.3. The Morgan fingerprint density at radius 2 is 2.05 bits per heavy atom. The van der Waals surface area contributed by atoms with Crippen LogP contribution in [0.4, 0.5) is 10.1 Å². The minimum atomic E-state index is -1.25. The van der Waals surface area contributed by atoms with E-state index in [4.69, 9.17) is 5.11 Å². The van der Waals surface area contributed by atoms with Crippen molar-refractivity contribution >= 4 is 17.6 Å². The van der Waals surface area contributed by atoms with Gasteiger partial charge < -0.3 is 15.3 Å². The molecule has 1 aromatic carbocycles. The molecule has 0 atom stereocenters. The summed E-state index contributed by atoms with van der Waals surface area (Å²) >= 11 is 0. The number of nitrogens with zero attached hydrogens (tertiary/aromatic N) is 1. The number of rotatable bonds is 4. The number of anilines is 1. The topological polar surface area (TPSA) is 69.6 Å². The van der Waals surface area contributed by atoms with Gasteiger partial charge in [-0.25, -0.2) is 9.18 Å². The molecule has 6 heteroatoms. The van der Waals surface area contributed by atoms with Crippen LogP contribution in [-0.4, -0.2) is 36.6 Å². The number of aromatic carboxylic acids is 1. The van der Waals surface area contributed by atoms with E-state index in [2.05, 4.69) is 5.32 Å². The largest absolute Gasteiger partial charge is 0.478 e. The summed E-state index contributed by atoms with van der Waals surface area (Å²) in [6.45, 7) is 3.45. The molecule has 114 valence electrons. The fourth-order valence-corrected chi connectivity index (χ4v) is 2.65. The second-order valence-electron chi connectivity index (χ2n) is 5.31. The number of piperidine rings is 1. The Kier molecular flexibility index (Phi) is 4.77. The van der Waals surface area contributed by atoms with Gasteiger partial charge in [0, 0.05) is 26.6 Å². The molecule has 1 aromatic rings. The van der Waals surface area contributed by atoms with Gasteiger partial charge in [-0.2, -0.15) is 0 Å². The summed E-state index contributed by atoms with van der Waals surface area (Å²) in [6, 6.07) is 4.33. The molecule has 2 N–H and O–H groups in total. The summed E-state index contributed by atoms with van der Waals surface area (Å²) in [5.41, 5.74) is 0.165. The van der Waals surface area contributed by atoms with Crippen LogP contribution >= 0.6 is 0 Å². The summed E-state index contributed by atoms with van der Waals surface area (Å²) in [4.78, 5) is 24.0. The number of carboxylic acids is 1. The third kappa shape index (κ3) is 3.71. The maximum atomic E-state index is 13.7. The molecule has 1 fully saturated rings. The monoisotopic (exact) mass is 294 g/mol. The predicted octanol–water partition coefficient (Wildman–Crippen LogP) is 1.88. The normalized spacial score (nSPS) is 15.8. The maximum absolute atomic E-state index is 13.7. The first-order chi connectivity index (χ1) is 9.99. The molecule has 0 bridgehead atoms. The number of benzene rings is 1. The van der Waals surface area contributed by atoms with Crippen molar-refractivity contribution in [2.75, 3.05) is 24.5 Å². The van der Waals surface area contributed by atoms with Crippen LogP contribution in [0.2, 0.25) is 0 Å². The van der Waals surface area contributed by atoms with E-state index in [0.717, 1.165) is 18.9 Å². The van der Waals surface area contributed by atoms with E-state index in [-0.39, 0.29) is 11.5 Å². The van der Waals surface area contributed by atoms with Gasteiger partial charge in [-0.05, 0) is 30.9 Å². The van der Waals surface area contributed by atoms with Gasteiger partial charge in [0.2, 0.25) is 5.91 Å². The zero-order valence-electron chi connectivity index (χ0n) is 11.9. The van der Waals surface area contributed by atoms with Crippen molar-refractivity contribution in [1.29, 1.82) is 0 Å². The van der Waals surface area contributed by atoms with Crippen molar-refractivity contribution in [2.45, 2.75) is 19.8 Å². The lowest BCUT2D eigenvalue weighted by atomic mass is 9.95. The molecular formula is C15H19FN2O3. The van der Waals surface area contributed by atoms with Gasteiger partial charge in [0.05, 0.1) is 5.69 Å². The molecule has 1 aliphatic heterocycles. The lowest BCUT2D eigenvalue weighted by Gasteiger charge is -2.34. The van der Waals surface area contributed by atoms with E-state index in [1.54, 1.807) is 6.07 Å². The van der Waals surface area contributed by atoms with Crippen LogP contribution in [0.15, 0.2) is 18.2 Å². The second kappa shape index (κ2) is 6.56. The van der Waals surface area contributed by atoms with Crippen molar-refractivity contribution in [1.82, 2.24) is 5.32 Å². The molecule has 0 saturated carbocycles. The molecule has 0 unspecified atom stereocenters. The van der Waals surface area contributed by atoms with Gasteiger partial charge in [0.25, 0.3) is 0 Å². The average molecular weight is 294 g/mol. The highest BCUT2D eigenvalue weighted by molar-refractivity contribution is 5.94. The molecule has 1 aliphatic rings. The van der Waals surface area contributed by atoms with Gasteiger partial charge >= 0.3 is 5.97 Å². The first-order valence-corrected chi connectivity index (χ1v) is 7.00. The van der Waals surface area contributed by atoms with E-state index in [0.29, 0.717) is 31.2 Å². The van der Waals surface area contributed by atoms with Gasteiger partial charge in [-0.3, -0.25) is 4.79 Å². The van der Waals surface area contributed by atoms with E-state index >= 15 is 0 Å². The smallest absolute Gasteiger partial charge is 0.340 e. The first-order valence-electron chi connectivity index (χ1n) is 7.00. The number of carbonyl (C=O) groups excluding carboxylic acids is 1. The number of carboxylic acid groups (broad SMARTS) is 1. The summed E-state index contributed by atoms with van der Waals surface area (Å²) in [6.07, 6.45) is 1.69. The molecule has 0 aromatic heterocycles.